The average Bonchev–Trinajstić information content (AvgIpc) is 2.90. The van der Waals surface area contributed by atoms with E-state index in [-0.39, 0.29) is 76.3 Å². The number of aliphatic carboxylic acids is 1. The highest BCUT2D eigenvalue weighted by Crippen LogP contribution is 2.18. The highest BCUT2D eigenvalue weighted by Gasteiger charge is 2.18. The lowest BCUT2D eigenvalue weighted by atomic mass is 10.2. The zero-order valence-corrected chi connectivity index (χ0v) is 28.3. The monoisotopic (exact) mass is 762 g/mol. The van der Waals surface area contributed by atoms with Crippen molar-refractivity contribution in [2.24, 2.45) is 32.9 Å². The Hall–Kier alpha value is -5.23. The summed E-state index contributed by atoms with van der Waals surface area (Å²) in [5, 5.41) is 12.0. The normalized spacial score (nSPS) is 10.1. The molecule has 0 saturated heterocycles. The Morgan fingerprint density at radius 2 is 1.21 bits per heavy atom. The zero-order chi connectivity index (χ0) is 35.9. The van der Waals surface area contributed by atoms with Crippen molar-refractivity contribution in [3.63, 3.8) is 0 Å². The Labute approximate surface area is 293 Å². The Balaban J connectivity index is -0.000000637. The van der Waals surface area contributed by atoms with Gasteiger partial charge in [0.25, 0.3) is 0 Å². The number of rotatable bonds is 5. The number of nitrogens with two attached hydrogens (primary N) is 8. The second-order valence-corrected chi connectivity index (χ2v) is 9.63. The van der Waals surface area contributed by atoms with Crippen LogP contribution in [0.4, 0.5) is 28.1 Å². The molecule has 0 saturated carbocycles. The van der Waals surface area contributed by atoms with E-state index in [0.717, 1.165) is 0 Å². The number of guanidine groups is 2. The van der Waals surface area contributed by atoms with Crippen LogP contribution < -0.4 is 56.5 Å². The van der Waals surface area contributed by atoms with Crippen molar-refractivity contribution in [3.05, 3.63) is 21.7 Å². The number of carboxylic acids is 1. The minimum atomic E-state index is -1.10. The fourth-order valence-corrected chi connectivity index (χ4v) is 2.47. The van der Waals surface area contributed by atoms with Gasteiger partial charge in [-0.25, -0.2) is 24.7 Å². The molecule has 2 aromatic rings. The molecular formula is C21H34Cl4N16O7. The van der Waals surface area contributed by atoms with Crippen LogP contribution in [0.15, 0.2) is 9.98 Å². The Bertz CT molecular complexity index is 1530. The maximum absolute atomic E-state index is 11.7. The molecule has 23 nitrogen and oxygen atoms in total. The van der Waals surface area contributed by atoms with E-state index >= 15 is 0 Å². The summed E-state index contributed by atoms with van der Waals surface area (Å²) in [4.78, 5) is 75.7. The topological polar surface area (TPSA) is 423 Å². The van der Waals surface area contributed by atoms with Crippen molar-refractivity contribution in [2.75, 3.05) is 36.0 Å². The predicted octanol–water partition coefficient (Wildman–Crippen LogP) is -2.03. The molecule has 0 aliphatic carbocycles. The SMILES string of the molecule is CC(C)(C)OC(=O)NCC(=O)O.Cl.Cl.NC(N)=NC(=O)c1nc(Cl)c(N)nc1N.NCC(=O)NC(N)=NC(=O)c1nc(Cl)c(N)nc1N. The van der Waals surface area contributed by atoms with Crippen LogP contribution in [0.3, 0.4) is 0 Å². The molecule has 19 N–H and O–H groups in total. The molecule has 4 amide bonds. The van der Waals surface area contributed by atoms with Crippen LogP contribution in [0.2, 0.25) is 10.3 Å². The summed E-state index contributed by atoms with van der Waals surface area (Å²) >= 11 is 11.1. The molecule has 0 spiro atoms. The summed E-state index contributed by atoms with van der Waals surface area (Å²) in [6.07, 6.45) is -0.718. The van der Waals surface area contributed by atoms with Crippen LogP contribution in [0.5, 0.6) is 0 Å². The van der Waals surface area contributed by atoms with Gasteiger partial charge in [0.1, 0.15) is 12.1 Å². The fourth-order valence-electron chi connectivity index (χ4n) is 2.21. The minimum absolute atomic E-state index is 0. The van der Waals surface area contributed by atoms with Gasteiger partial charge in [0.15, 0.2) is 50.9 Å². The molecule has 0 aliphatic rings. The van der Waals surface area contributed by atoms with Gasteiger partial charge in [-0.3, -0.25) is 24.5 Å². The highest BCUT2D eigenvalue weighted by atomic mass is 35.5. The second-order valence-electron chi connectivity index (χ2n) is 8.91. The average molecular weight is 764 g/mol. The molecule has 0 aliphatic heterocycles. The summed E-state index contributed by atoms with van der Waals surface area (Å²) < 4.78 is 4.77. The molecule has 0 bridgehead atoms. The number of aliphatic imine (C=N–C) groups is 2. The number of alkyl carbamates (subject to hydrolysis) is 1. The molecule has 48 heavy (non-hydrogen) atoms. The van der Waals surface area contributed by atoms with Crippen LogP contribution in [0.25, 0.3) is 0 Å². The molecule has 2 aromatic heterocycles. The van der Waals surface area contributed by atoms with Gasteiger partial charge in [-0.05, 0) is 20.8 Å². The van der Waals surface area contributed by atoms with Gasteiger partial charge in [0.05, 0.1) is 6.54 Å². The van der Waals surface area contributed by atoms with Crippen LogP contribution in [0, 0.1) is 0 Å². The zero-order valence-electron chi connectivity index (χ0n) is 25.2. The first-order chi connectivity index (χ1) is 21.1. The number of nitrogens with zero attached hydrogens (tertiary/aromatic N) is 6. The van der Waals surface area contributed by atoms with E-state index in [1.165, 1.54) is 0 Å². The van der Waals surface area contributed by atoms with Gasteiger partial charge in [-0.1, -0.05) is 23.2 Å². The third-order valence-corrected chi connectivity index (χ3v) is 4.46. The molecule has 0 fully saturated rings. The number of ether oxygens (including phenoxy) is 1. The molecule has 0 aromatic carbocycles. The number of anilines is 4. The molecule has 2 rings (SSSR count). The van der Waals surface area contributed by atoms with E-state index in [1.54, 1.807) is 20.8 Å². The number of halogens is 4. The number of carbonyl (C=O) groups excluding carboxylic acids is 4. The van der Waals surface area contributed by atoms with E-state index in [4.69, 9.17) is 78.9 Å². The second kappa shape index (κ2) is 21.5. The van der Waals surface area contributed by atoms with Crippen molar-refractivity contribution >= 4 is 113 Å². The van der Waals surface area contributed by atoms with Crippen LogP contribution >= 0.6 is 48.0 Å². The van der Waals surface area contributed by atoms with E-state index in [2.05, 4.69) is 40.6 Å². The molecule has 27 heteroatoms. The highest BCUT2D eigenvalue weighted by molar-refractivity contribution is 6.32. The van der Waals surface area contributed by atoms with Gasteiger partial charge in [-0.2, -0.15) is 9.98 Å². The number of carboxylic acid groups (broad SMARTS) is 1. The Morgan fingerprint density at radius 1 is 0.792 bits per heavy atom. The number of hydrogen-bond acceptors (Lipinski definition) is 15. The molecule has 2 heterocycles. The number of amides is 4. The molecular weight excluding hydrogens is 730 g/mol. The quantitative estimate of drug-likeness (QED) is 0.115. The standard InChI is InChI=1S/C8H11ClN8O2.C7H13NO4.C6H8ClN7O.2ClH/c9-4-6(12)16-5(11)3(15-4)7(19)17-8(13)14-2(18)1-10;1-7(2,3)12-6(11)8-4-5(9)10;7-2-4(9)13-3(8)1(12-2)5(15)14-6(10)11;;/h1,10H2,(H4,11,12,16)(H3,13,14,17,18,19);4H2,1-3H3,(H,8,11)(H,9,10);(H4,8,9,13)(H4,10,11,14,15);2*1H. The van der Waals surface area contributed by atoms with Crippen LogP contribution in [-0.4, -0.2) is 85.4 Å². The van der Waals surface area contributed by atoms with Crippen molar-refractivity contribution < 1.29 is 33.8 Å². The van der Waals surface area contributed by atoms with Crippen LogP contribution in [0.1, 0.15) is 41.7 Å². The third kappa shape index (κ3) is 18.7. The molecule has 0 atom stereocenters. The number of carbonyl (C=O) groups is 5. The summed E-state index contributed by atoms with van der Waals surface area (Å²) in [6.45, 7) is 4.38. The summed E-state index contributed by atoms with van der Waals surface area (Å²) in [6, 6.07) is 0. The number of aromatic nitrogens is 4. The number of nitrogen functional groups attached to an aromatic ring is 4. The summed E-state index contributed by atoms with van der Waals surface area (Å²) in [5.41, 5.74) is 40.7. The maximum Gasteiger partial charge on any atom is 0.408 e. The molecule has 268 valence electrons. The van der Waals surface area contributed by atoms with Gasteiger partial charge < -0.3 is 61.0 Å². The lowest BCUT2D eigenvalue weighted by Gasteiger charge is -2.19. The minimum Gasteiger partial charge on any atom is -0.480 e. The first-order valence-corrected chi connectivity index (χ1v) is 12.7. The summed E-state index contributed by atoms with van der Waals surface area (Å²) in [5.74, 6) is -4.96. The van der Waals surface area contributed by atoms with Crippen molar-refractivity contribution in [1.29, 1.82) is 0 Å². The number of hydrogen-bond donors (Lipinski definition) is 11. The van der Waals surface area contributed by atoms with E-state index < -0.39 is 53.8 Å². The van der Waals surface area contributed by atoms with Crippen molar-refractivity contribution in [1.82, 2.24) is 30.6 Å². The fraction of sp³-hybridized carbons (Fsp3) is 0.286. The first kappa shape index (κ1) is 47.2. The van der Waals surface area contributed by atoms with Crippen molar-refractivity contribution in [2.45, 2.75) is 26.4 Å². The number of nitrogens with one attached hydrogen (secondary N) is 2. The lowest BCUT2D eigenvalue weighted by Crippen LogP contribution is -2.40. The molecule has 0 radical (unpaired) electrons. The van der Waals surface area contributed by atoms with Crippen molar-refractivity contribution in [3.8, 4) is 0 Å². The maximum atomic E-state index is 11.7. The van der Waals surface area contributed by atoms with Crippen LogP contribution in [-0.2, 0) is 14.3 Å². The van der Waals surface area contributed by atoms with Gasteiger partial charge >= 0.3 is 23.9 Å². The van der Waals surface area contributed by atoms with Gasteiger partial charge in [-0.15, -0.1) is 24.8 Å². The summed E-state index contributed by atoms with van der Waals surface area (Å²) in [7, 11) is 0. The lowest BCUT2D eigenvalue weighted by molar-refractivity contribution is -0.136. The predicted molar refractivity (Wildman–Crippen MR) is 181 cm³/mol. The Kier molecular flexibility index (Phi) is 21.2. The first-order valence-electron chi connectivity index (χ1n) is 12.0. The molecule has 0 unspecified atom stereocenters. The van der Waals surface area contributed by atoms with E-state index in [9.17, 15) is 24.0 Å². The van der Waals surface area contributed by atoms with Gasteiger partial charge in [0.2, 0.25) is 11.9 Å². The third-order valence-electron chi connectivity index (χ3n) is 3.90. The van der Waals surface area contributed by atoms with E-state index in [0.29, 0.717) is 0 Å². The van der Waals surface area contributed by atoms with E-state index in [1.807, 2.05) is 0 Å². The Morgan fingerprint density at radius 3 is 1.56 bits per heavy atom. The van der Waals surface area contributed by atoms with Gasteiger partial charge in [0, 0.05) is 0 Å². The smallest absolute Gasteiger partial charge is 0.408 e. The largest absolute Gasteiger partial charge is 0.480 e.